The van der Waals surface area contributed by atoms with Gasteiger partial charge < -0.3 is 5.32 Å². The maximum Gasteiger partial charge on any atom is 0.269 e. The van der Waals surface area contributed by atoms with Crippen molar-refractivity contribution in [2.75, 3.05) is 5.32 Å². The van der Waals surface area contributed by atoms with Crippen LogP contribution in [0.5, 0.6) is 0 Å². The van der Waals surface area contributed by atoms with Gasteiger partial charge in [0.15, 0.2) is 0 Å². The van der Waals surface area contributed by atoms with Crippen LogP contribution in [0.15, 0.2) is 91.0 Å². The van der Waals surface area contributed by atoms with Gasteiger partial charge in [-0.3, -0.25) is 10.1 Å². The lowest BCUT2D eigenvalue weighted by atomic mass is 10.1. The molecule has 0 heterocycles. The first-order valence-corrected chi connectivity index (χ1v) is 8.42. The number of hydrogen-bond acceptors (Lipinski definition) is 4. The number of nitrogens with zero attached hydrogens (tertiary/aromatic N) is 1. The van der Waals surface area contributed by atoms with Crippen molar-refractivity contribution in [2.45, 2.75) is 0 Å². The maximum atomic E-state index is 10.8. The number of nitrogens with one attached hydrogen (secondary N) is 1. The minimum absolute atomic E-state index is 0.0561. The molecule has 4 nitrogen and oxygen atoms in total. The van der Waals surface area contributed by atoms with E-state index in [0.717, 1.165) is 22.5 Å². The molecule has 5 heteroatoms. The standard InChI is InChI=1S/C21H16N2O2S/c24-23(25)19-13-11-18(12-14-19)22-20(16-7-3-1-4-8-16)15-21(26)17-9-5-2-6-10-17/h1-15,22H/b20-15+. The highest BCUT2D eigenvalue weighted by Crippen LogP contribution is 2.22. The molecule has 0 aliphatic rings. The number of thiocarbonyl (C=S) groups is 1. The molecule has 3 aromatic rings. The van der Waals surface area contributed by atoms with Crippen molar-refractivity contribution in [3.8, 4) is 0 Å². The molecule has 0 bridgehead atoms. The van der Waals surface area contributed by atoms with Crippen LogP contribution >= 0.6 is 12.2 Å². The predicted octanol–water partition coefficient (Wildman–Crippen LogP) is 5.47. The summed E-state index contributed by atoms with van der Waals surface area (Å²) in [7, 11) is 0. The molecule has 0 radical (unpaired) electrons. The smallest absolute Gasteiger partial charge is 0.269 e. The van der Waals surface area contributed by atoms with Crippen LogP contribution in [0.3, 0.4) is 0 Å². The average molecular weight is 360 g/mol. The summed E-state index contributed by atoms with van der Waals surface area (Å²) in [5.74, 6) is 0. The molecular weight excluding hydrogens is 344 g/mol. The molecule has 1 N–H and O–H groups in total. The minimum atomic E-state index is -0.414. The van der Waals surface area contributed by atoms with Gasteiger partial charge in [-0.15, -0.1) is 0 Å². The normalized spacial score (nSPS) is 11.0. The second-order valence-electron chi connectivity index (χ2n) is 5.58. The summed E-state index contributed by atoms with van der Waals surface area (Å²) in [6, 6.07) is 25.9. The lowest BCUT2D eigenvalue weighted by Crippen LogP contribution is -2.03. The molecule has 0 aliphatic heterocycles. The Morgan fingerprint density at radius 3 is 1.92 bits per heavy atom. The van der Waals surface area contributed by atoms with Gasteiger partial charge in [-0.1, -0.05) is 72.9 Å². The highest BCUT2D eigenvalue weighted by atomic mass is 32.1. The van der Waals surface area contributed by atoms with Gasteiger partial charge in [-0.05, 0) is 29.3 Å². The molecule has 0 aliphatic carbocycles. The van der Waals surface area contributed by atoms with E-state index < -0.39 is 4.92 Å². The third kappa shape index (κ3) is 4.40. The Balaban J connectivity index is 1.92. The van der Waals surface area contributed by atoms with E-state index in [1.807, 2.05) is 66.7 Å². The number of anilines is 1. The molecular formula is C21H16N2O2S. The van der Waals surface area contributed by atoms with Gasteiger partial charge in [0.05, 0.1) is 4.92 Å². The first kappa shape index (κ1) is 17.5. The van der Waals surface area contributed by atoms with Gasteiger partial charge in [-0.25, -0.2) is 0 Å². The van der Waals surface area contributed by atoms with E-state index in [1.165, 1.54) is 12.1 Å². The van der Waals surface area contributed by atoms with E-state index in [0.29, 0.717) is 4.86 Å². The van der Waals surface area contributed by atoms with Crippen molar-refractivity contribution in [2.24, 2.45) is 0 Å². The maximum absolute atomic E-state index is 10.8. The van der Waals surface area contributed by atoms with Gasteiger partial charge >= 0.3 is 0 Å². The Labute approximate surface area is 157 Å². The summed E-state index contributed by atoms with van der Waals surface area (Å²) in [5.41, 5.74) is 3.57. The Kier molecular flexibility index (Phi) is 5.51. The molecule has 0 saturated carbocycles. The zero-order chi connectivity index (χ0) is 18.4. The van der Waals surface area contributed by atoms with Crippen LogP contribution in [0.4, 0.5) is 11.4 Å². The van der Waals surface area contributed by atoms with Crippen LogP contribution in [0, 0.1) is 10.1 Å². The second kappa shape index (κ2) is 8.18. The van der Waals surface area contributed by atoms with E-state index in [4.69, 9.17) is 12.2 Å². The molecule has 3 rings (SSSR count). The van der Waals surface area contributed by atoms with E-state index in [-0.39, 0.29) is 5.69 Å². The van der Waals surface area contributed by atoms with E-state index >= 15 is 0 Å². The van der Waals surface area contributed by atoms with Crippen molar-refractivity contribution in [3.63, 3.8) is 0 Å². The minimum Gasteiger partial charge on any atom is -0.355 e. The average Bonchev–Trinajstić information content (AvgIpc) is 2.69. The van der Waals surface area contributed by atoms with Crippen molar-refractivity contribution < 1.29 is 4.92 Å². The van der Waals surface area contributed by atoms with Crippen LogP contribution in [0.1, 0.15) is 11.1 Å². The summed E-state index contributed by atoms with van der Waals surface area (Å²) in [6.45, 7) is 0. The Bertz CT molecular complexity index is 937. The Morgan fingerprint density at radius 1 is 0.846 bits per heavy atom. The van der Waals surface area contributed by atoms with Crippen molar-refractivity contribution in [1.29, 1.82) is 0 Å². The fourth-order valence-corrected chi connectivity index (χ4v) is 2.70. The highest BCUT2D eigenvalue weighted by molar-refractivity contribution is 7.81. The summed E-state index contributed by atoms with van der Waals surface area (Å²) < 4.78 is 0. The van der Waals surface area contributed by atoms with E-state index in [1.54, 1.807) is 12.1 Å². The predicted molar refractivity (Wildman–Crippen MR) is 109 cm³/mol. The molecule has 0 aromatic heterocycles. The number of nitro benzene ring substituents is 1. The first-order valence-electron chi connectivity index (χ1n) is 8.01. The number of allylic oxidation sites excluding steroid dienone is 1. The monoisotopic (exact) mass is 360 g/mol. The van der Waals surface area contributed by atoms with Crippen LogP contribution in [0.2, 0.25) is 0 Å². The largest absolute Gasteiger partial charge is 0.355 e. The van der Waals surface area contributed by atoms with Crippen LogP contribution in [-0.4, -0.2) is 9.79 Å². The van der Waals surface area contributed by atoms with Crippen molar-refractivity contribution >= 4 is 34.2 Å². The quantitative estimate of drug-likeness (QED) is 0.208. The number of rotatable bonds is 6. The van der Waals surface area contributed by atoms with Gasteiger partial charge in [0.25, 0.3) is 5.69 Å². The molecule has 0 atom stereocenters. The fourth-order valence-electron chi connectivity index (χ4n) is 2.45. The summed E-state index contributed by atoms with van der Waals surface area (Å²) in [5, 5.41) is 14.1. The fraction of sp³-hybridized carbons (Fsp3) is 0. The molecule has 0 fully saturated rings. The molecule has 0 unspecified atom stereocenters. The lowest BCUT2D eigenvalue weighted by molar-refractivity contribution is -0.384. The molecule has 3 aromatic carbocycles. The Hall–Kier alpha value is -3.31. The summed E-state index contributed by atoms with van der Waals surface area (Å²) in [6.07, 6.45) is 1.90. The van der Waals surface area contributed by atoms with Crippen LogP contribution in [-0.2, 0) is 0 Å². The highest BCUT2D eigenvalue weighted by Gasteiger charge is 2.08. The number of nitro groups is 1. The zero-order valence-electron chi connectivity index (χ0n) is 13.8. The van der Waals surface area contributed by atoms with Gasteiger partial charge in [-0.2, -0.15) is 0 Å². The zero-order valence-corrected chi connectivity index (χ0v) is 14.6. The molecule has 0 amide bonds. The molecule has 128 valence electrons. The van der Waals surface area contributed by atoms with Gasteiger partial charge in [0, 0.05) is 28.4 Å². The summed E-state index contributed by atoms with van der Waals surface area (Å²) in [4.78, 5) is 11.1. The van der Waals surface area contributed by atoms with Gasteiger partial charge in [0.1, 0.15) is 0 Å². The van der Waals surface area contributed by atoms with E-state index in [2.05, 4.69) is 5.32 Å². The molecule has 0 saturated heterocycles. The lowest BCUT2D eigenvalue weighted by Gasteiger charge is -2.12. The number of benzene rings is 3. The topological polar surface area (TPSA) is 55.2 Å². The molecule has 26 heavy (non-hydrogen) atoms. The van der Waals surface area contributed by atoms with Crippen LogP contribution < -0.4 is 5.32 Å². The number of non-ortho nitro benzene ring substituents is 1. The van der Waals surface area contributed by atoms with Crippen molar-refractivity contribution in [3.05, 3.63) is 112 Å². The van der Waals surface area contributed by atoms with Crippen LogP contribution in [0.25, 0.3) is 5.70 Å². The third-order valence-electron chi connectivity index (χ3n) is 3.78. The third-order valence-corrected chi connectivity index (χ3v) is 4.13. The second-order valence-corrected chi connectivity index (χ2v) is 6.02. The van der Waals surface area contributed by atoms with Gasteiger partial charge in [0.2, 0.25) is 0 Å². The SMILES string of the molecule is O=[N+]([O-])c1ccc(N/C(=C/C(=S)c2ccccc2)c2ccccc2)cc1. The van der Waals surface area contributed by atoms with Crippen molar-refractivity contribution in [1.82, 2.24) is 0 Å². The summed E-state index contributed by atoms with van der Waals surface area (Å²) >= 11 is 5.56. The first-order chi connectivity index (χ1) is 12.6. The van der Waals surface area contributed by atoms with E-state index in [9.17, 15) is 10.1 Å². The number of hydrogen-bond donors (Lipinski definition) is 1. The Morgan fingerprint density at radius 2 is 1.38 bits per heavy atom. The molecule has 0 spiro atoms.